The topological polar surface area (TPSA) is 57.5 Å². The molecule has 0 spiro atoms. The van der Waals surface area contributed by atoms with Crippen LogP contribution < -0.4 is 10.6 Å². The van der Waals surface area contributed by atoms with Crippen LogP contribution >= 0.6 is 0 Å². The van der Waals surface area contributed by atoms with E-state index in [1.54, 1.807) is 0 Å². The summed E-state index contributed by atoms with van der Waals surface area (Å²) in [7, 11) is 1.83. The van der Waals surface area contributed by atoms with Gasteiger partial charge in [-0.05, 0) is 53.0 Å². The number of hydrogen-bond acceptors (Lipinski definition) is 3. The van der Waals surface area contributed by atoms with Crippen molar-refractivity contribution in [2.45, 2.75) is 65.6 Å². The number of aromatic nitrogens is 2. The Hall–Kier alpha value is -1.56. The lowest BCUT2D eigenvalue weighted by Gasteiger charge is -2.26. The number of nitrogens with one attached hydrogen (secondary N) is 2. The molecule has 1 aromatic heterocycles. The van der Waals surface area contributed by atoms with Crippen LogP contribution in [0.4, 0.5) is 0 Å². The summed E-state index contributed by atoms with van der Waals surface area (Å²) in [6.45, 7) is 12.6. The predicted octanol–water partition coefficient (Wildman–Crippen LogP) is 1.93. The van der Waals surface area contributed by atoms with Crippen molar-refractivity contribution in [3.05, 3.63) is 17.5 Å². The molecule has 0 bridgehead atoms. The molecule has 1 heterocycles. The molecule has 0 radical (unpaired) electrons. The van der Waals surface area contributed by atoms with Crippen LogP contribution in [-0.2, 0) is 6.54 Å². The summed E-state index contributed by atoms with van der Waals surface area (Å²) in [6.07, 6.45) is 3.75. The van der Waals surface area contributed by atoms with E-state index in [1.165, 1.54) is 18.5 Å². The van der Waals surface area contributed by atoms with Gasteiger partial charge in [0.1, 0.15) is 0 Å². The third kappa shape index (κ3) is 5.82. The molecular formula is C18H34N6. The molecule has 0 amide bonds. The van der Waals surface area contributed by atoms with Gasteiger partial charge in [0.2, 0.25) is 0 Å². The van der Waals surface area contributed by atoms with Crippen LogP contribution in [0, 0.1) is 13.8 Å². The third-order valence-electron chi connectivity index (χ3n) is 4.51. The van der Waals surface area contributed by atoms with E-state index in [9.17, 15) is 0 Å². The minimum atomic E-state index is 0.620. The molecule has 0 aliphatic heterocycles. The number of hydrogen-bond donors (Lipinski definition) is 2. The zero-order valence-corrected chi connectivity index (χ0v) is 16.0. The Morgan fingerprint density at radius 3 is 2.58 bits per heavy atom. The van der Waals surface area contributed by atoms with Gasteiger partial charge in [0.15, 0.2) is 5.96 Å². The first-order valence-electron chi connectivity index (χ1n) is 9.22. The minimum absolute atomic E-state index is 0.620. The molecule has 1 saturated carbocycles. The van der Waals surface area contributed by atoms with E-state index in [0.29, 0.717) is 6.04 Å². The molecule has 1 fully saturated rings. The van der Waals surface area contributed by atoms with Crippen LogP contribution in [0.25, 0.3) is 0 Å². The normalized spacial score (nSPS) is 15.4. The smallest absolute Gasteiger partial charge is 0.191 e. The second-order valence-electron chi connectivity index (χ2n) is 6.99. The van der Waals surface area contributed by atoms with Crippen molar-refractivity contribution in [3.8, 4) is 0 Å². The Labute approximate surface area is 146 Å². The molecule has 136 valence electrons. The molecule has 1 aliphatic carbocycles. The van der Waals surface area contributed by atoms with Crippen molar-refractivity contribution in [2.75, 3.05) is 26.7 Å². The summed E-state index contributed by atoms with van der Waals surface area (Å²) in [6, 6.07) is 3.55. The standard InChI is InChI=1S/C18H34N6/c1-14(2)23(17-7-8-17)12-10-21-18(19-5)20-9-6-11-24-16(4)13-15(3)22-24/h13-14,17H,6-12H2,1-5H3,(H2,19,20,21). The summed E-state index contributed by atoms with van der Waals surface area (Å²) in [4.78, 5) is 6.90. The highest BCUT2D eigenvalue weighted by Crippen LogP contribution is 2.27. The lowest BCUT2D eigenvalue weighted by molar-refractivity contribution is 0.215. The van der Waals surface area contributed by atoms with Crippen molar-refractivity contribution in [2.24, 2.45) is 4.99 Å². The van der Waals surface area contributed by atoms with E-state index < -0.39 is 0 Å². The quantitative estimate of drug-likeness (QED) is 0.412. The van der Waals surface area contributed by atoms with Crippen LogP contribution in [0.2, 0.25) is 0 Å². The summed E-state index contributed by atoms with van der Waals surface area (Å²) in [5, 5.41) is 11.3. The number of nitrogens with zero attached hydrogens (tertiary/aromatic N) is 4. The molecule has 0 saturated heterocycles. The largest absolute Gasteiger partial charge is 0.356 e. The van der Waals surface area contributed by atoms with Gasteiger partial charge in [-0.15, -0.1) is 0 Å². The molecule has 24 heavy (non-hydrogen) atoms. The van der Waals surface area contributed by atoms with Crippen LogP contribution in [0.15, 0.2) is 11.1 Å². The summed E-state index contributed by atoms with van der Waals surface area (Å²) in [5.41, 5.74) is 2.31. The predicted molar refractivity (Wildman–Crippen MR) is 101 cm³/mol. The highest BCUT2D eigenvalue weighted by molar-refractivity contribution is 5.79. The van der Waals surface area contributed by atoms with Crippen LogP contribution in [-0.4, -0.2) is 59.4 Å². The van der Waals surface area contributed by atoms with Gasteiger partial charge in [-0.25, -0.2) is 0 Å². The molecule has 0 unspecified atom stereocenters. The van der Waals surface area contributed by atoms with Gasteiger partial charge in [0.05, 0.1) is 5.69 Å². The summed E-state index contributed by atoms with van der Waals surface area (Å²) >= 11 is 0. The fourth-order valence-corrected chi connectivity index (χ4v) is 3.13. The SMILES string of the molecule is CN=C(NCCCn1nc(C)cc1C)NCCN(C(C)C)C1CC1. The second kappa shape index (κ2) is 9.06. The molecule has 1 aliphatic rings. The molecule has 0 aromatic carbocycles. The van der Waals surface area contributed by atoms with Crippen molar-refractivity contribution in [1.29, 1.82) is 0 Å². The first kappa shape index (κ1) is 18.8. The van der Waals surface area contributed by atoms with E-state index in [0.717, 1.165) is 50.3 Å². The molecule has 6 heteroatoms. The van der Waals surface area contributed by atoms with Gasteiger partial charge >= 0.3 is 0 Å². The average Bonchev–Trinajstić information content (AvgIpc) is 3.31. The van der Waals surface area contributed by atoms with Crippen LogP contribution in [0.3, 0.4) is 0 Å². The maximum atomic E-state index is 4.49. The van der Waals surface area contributed by atoms with Crippen molar-refractivity contribution < 1.29 is 0 Å². The zero-order chi connectivity index (χ0) is 17.5. The first-order chi connectivity index (χ1) is 11.5. The summed E-state index contributed by atoms with van der Waals surface area (Å²) in [5.74, 6) is 0.892. The maximum Gasteiger partial charge on any atom is 0.191 e. The minimum Gasteiger partial charge on any atom is -0.356 e. The molecule has 2 rings (SSSR count). The monoisotopic (exact) mass is 334 g/mol. The van der Waals surface area contributed by atoms with E-state index in [2.05, 4.69) is 57.1 Å². The third-order valence-corrected chi connectivity index (χ3v) is 4.51. The fourth-order valence-electron chi connectivity index (χ4n) is 3.13. The Bertz CT molecular complexity index is 528. The molecular weight excluding hydrogens is 300 g/mol. The van der Waals surface area contributed by atoms with Gasteiger partial charge in [-0.1, -0.05) is 0 Å². The highest BCUT2D eigenvalue weighted by Gasteiger charge is 2.30. The van der Waals surface area contributed by atoms with Crippen molar-refractivity contribution >= 4 is 5.96 Å². The van der Waals surface area contributed by atoms with Gasteiger partial charge in [-0.2, -0.15) is 5.10 Å². The van der Waals surface area contributed by atoms with Crippen molar-refractivity contribution in [3.63, 3.8) is 0 Å². The lowest BCUT2D eigenvalue weighted by Crippen LogP contribution is -2.44. The number of aryl methyl sites for hydroxylation is 3. The van der Waals surface area contributed by atoms with Crippen LogP contribution in [0.5, 0.6) is 0 Å². The Morgan fingerprint density at radius 2 is 2.04 bits per heavy atom. The molecule has 2 N–H and O–H groups in total. The Balaban J connectivity index is 1.62. The van der Waals surface area contributed by atoms with Gasteiger partial charge in [-0.3, -0.25) is 14.6 Å². The number of aliphatic imine (C=N–C) groups is 1. The fraction of sp³-hybridized carbons (Fsp3) is 0.778. The van der Waals surface area contributed by atoms with Crippen molar-refractivity contribution in [1.82, 2.24) is 25.3 Å². The zero-order valence-electron chi connectivity index (χ0n) is 16.0. The molecule has 0 atom stereocenters. The Morgan fingerprint density at radius 1 is 1.33 bits per heavy atom. The maximum absolute atomic E-state index is 4.49. The number of guanidine groups is 1. The average molecular weight is 335 g/mol. The second-order valence-corrected chi connectivity index (χ2v) is 6.99. The van der Waals surface area contributed by atoms with E-state index in [1.807, 2.05) is 14.0 Å². The van der Waals surface area contributed by atoms with Gasteiger partial charge in [0, 0.05) is 51.0 Å². The van der Waals surface area contributed by atoms with Crippen LogP contribution in [0.1, 0.15) is 44.5 Å². The van der Waals surface area contributed by atoms with E-state index >= 15 is 0 Å². The lowest BCUT2D eigenvalue weighted by atomic mass is 10.3. The highest BCUT2D eigenvalue weighted by atomic mass is 15.3. The summed E-state index contributed by atoms with van der Waals surface area (Å²) < 4.78 is 2.07. The Kier molecular flexibility index (Phi) is 7.09. The van der Waals surface area contributed by atoms with Gasteiger partial charge < -0.3 is 10.6 Å². The van der Waals surface area contributed by atoms with E-state index in [-0.39, 0.29) is 0 Å². The van der Waals surface area contributed by atoms with Gasteiger partial charge in [0.25, 0.3) is 0 Å². The van der Waals surface area contributed by atoms with E-state index in [4.69, 9.17) is 0 Å². The number of rotatable bonds is 9. The molecule has 1 aromatic rings. The molecule has 6 nitrogen and oxygen atoms in total. The first-order valence-corrected chi connectivity index (χ1v) is 9.22.